The average molecular weight is 400 g/mol. The van der Waals surface area contributed by atoms with Crippen LogP contribution in [-0.4, -0.2) is 23.5 Å². The van der Waals surface area contributed by atoms with Crippen LogP contribution in [0.1, 0.15) is 5.56 Å². The number of aromatic nitrogens is 1. The van der Waals surface area contributed by atoms with Crippen LogP contribution in [0.5, 0.6) is 11.5 Å². The molecule has 30 heavy (non-hydrogen) atoms. The fourth-order valence-corrected chi connectivity index (χ4v) is 3.06. The fourth-order valence-electron chi connectivity index (χ4n) is 3.06. The number of benzene rings is 3. The van der Waals surface area contributed by atoms with Crippen LogP contribution in [0.25, 0.3) is 10.9 Å². The molecule has 4 aromatic rings. The smallest absolute Gasteiger partial charge is 0.310 e. The molecule has 3 aromatic carbocycles. The first kappa shape index (κ1) is 19.3. The van der Waals surface area contributed by atoms with Gasteiger partial charge in [0.05, 0.1) is 6.42 Å². The summed E-state index contributed by atoms with van der Waals surface area (Å²) in [7, 11) is 0. The molecule has 1 heterocycles. The molecule has 2 N–H and O–H groups in total. The highest BCUT2D eigenvalue weighted by Gasteiger charge is 2.12. The highest BCUT2D eigenvalue weighted by Crippen LogP contribution is 2.22. The Labute approximate surface area is 173 Å². The van der Waals surface area contributed by atoms with Crippen LogP contribution in [-0.2, 0) is 20.7 Å². The van der Waals surface area contributed by atoms with Crippen molar-refractivity contribution in [3.63, 3.8) is 0 Å². The van der Waals surface area contributed by atoms with E-state index in [1.165, 1.54) is 0 Å². The largest absolute Gasteiger partial charge is 0.457 e. The molecule has 4 rings (SSSR count). The number of hydrogen-bond donors (Lipinski definition) is 2. The van der Waals surface area contributed by atoms with Gasteiger partial charge in [-0.2, -0.15) is 0 Å². The van der Waals surface area contributed by atoms with Crippen LogP contribution in [0.3, 0.4) is 0 Å². The van der Waals surface area contributed by atoms with Gasteiger partial charge in [0.25, 0.3) is 5.91 Å². The molecule has 0 bridgehead atoms. The second-order valence-corrected chi connectivity index (χ2v) is 6.68. The van der Waals surface area contributed by atoms with Gasteiger partial charge in [-0.25, -0.2) is 0 Å². The van der Waals surface area contributed by atoms with E-state index in [2.05, 4.69) is 10.3 Å². The van der Waals surface area contributed by atoms with Crippen LogP contribution in [0.15, 0.2) is 85.1 Å². The number of nitrogens with one attached hydrogen (secondary N) is 2. The van der Waals surface area contributed by atoms with E-state index in [4.69, 9.17) is 9.47 Å². The van der Waals surface area contributed by atoms with E-state index >= 15 is 0 Å². The third kappa shape index (κ3) is 4.86. The first-order valence-corrected chi connectivity index (χ1v) is 9.51. The molecule has 0 unspecified atom stereocenters. The zero-order valence-corrected chi connectivity index (χ0v) is 16.1. The summed E-state index contributed by atoms with van der Waals surface area (Å²) in [6, 6.07) is 24.1. The molecule has 0 radical (unpaired) electrons. The van der Waals surface area contributed by atoms with Crippen LogP contribution < -0.4 is 10.1 Å². The summed E-state index contributed by atoms with van der Waals surface area (Å²) in [6.45, 7) is -0.344. The average Bonchev–Trinajstić information content (AvgIpc) is 3.17. The molecule has 0 spiro atoms. The zero-order chi connectivity index (χ0) is 20.8. The fraction of sp³-hybridized carbons (Fsp3) is 0.0833. The third-order valence-corrected chi connectivity index (χ3v) is 4.49. The molecule has 6 nitrogen and oxygen atoms in total. The Morgan fingerprint density at radius 2 is 1.53 bits per heavy atom. The van der Waals surface area contributed by atoms with Crippen molar-refractivity contribution in [1.29, 1.82) is 0 Å². The van der Waals surface area contributed by atoms with E-state index in [0.29, 0.717) is 11.4 Å². The lowest BCUT2D eigenvalue weighted by atomic mass is 10.1. The summed E-state index contributed by atoms with van der Waals surface area (Å²) < 4.78 is 10.8. The number of aromatic amines is 1. The molecule has 6 heteroatoms. The van der Waals surface area contributed by atoms with Crippen molar-refractivity contribution in [3.05, 3.63) is 90.6 Å². The van der Waals surface area contributed by atoms with Crippen LogP contribution >= 0.6 is 0 Å². The maximum atomic E-state index is 12.1. The summed E-state index contributed by atoms with van der Waals surface area (Å²) in [6.07, 6.45) is 1.88. The Morgan fingerprint density at radius 1 is 0.833 bits per heavy atom. The van der Waals surface area contributed by atoms with Gasteiger partial charge < -0.3 is 19.8 Å². The minimum Gasteiger partial charge on any atom is -0.457 e. The van der Waals surface area contributed by atoms with Gasteiger partial charge in [0.1, 0.15) is 11.5 Å². The van der Waals surface area contributed by atoms with E-state index < -0.39 is 11.9 Å². The maximum Gasteiger partial charge on any atom is 0.310 e. The Morgan fingerprint density at radius 3 is 2.33 bits per heavy atom. The van der Waals surface area contributed by atoms with E-state index in [0.717, 1.165) is 22.2 Å². The number of para-hydroxylation sites is 2. The quantitative estimate of drug-likeness (QED) is 0.441. The van der Waals surface area contributed by atoms with E-state index in [9.17, 15) is 9.59 Å². The highest BCUT2D eigenvalue weighted by atomic mass is 16.5. The maximum absolute atomic E-state index is 12.1. The first-order valence-electron chi connectivity index (χ1n) is 9.51. The predicted octanol–water partition coefficient (Wildman–Crippen LogP) is 4.68. The zero-order valence-electron chi connectivity index (χ0n) is 16.1. The van der Waals surface area contributed by atoms with Gasteiger partial charge in [0.2, 0.25) is 0 Å². The molecule has 0 atom stereocenters. The molecule has 150 valence electrons. The van der Waals surface area contributed by atoms with Crippen molar-refractivity contribution >= 4 is 28.5 Å². The number of amides is 1. The molecular formula is C24H20N2O4. The van der Waals surface area contributed by atoms with E-state index in [1.807, 2.05) is 54.6 Å². The molecule has 0 saturated heterocycles. The minimum absolute atomic E-state index is 0.100. The van der Waals surface area contributed by atoms with Crippen molar-refractivity contribution in [3.8, 4) is 11.5 Å². The Bertz CT molecular complexity index is 1150. The monoisotopic (exact) mass is 400 g/mol. The van der Waals surface area contributed by atoms with Crippen molar-refractivity contribution in [2.75, 3.05) is 11.9 Å². The molecular weight excluding hydrogens is 380 g/mol. The molecule has 1 amide bonds. The lowest BCUT2D eigenvalue weighted by molar-refractivity contribution is -0.146. The lowest BCUT2D eigenvalue weighted by Crippen LogP contribution is -2.21. The molecule has 0 aliphatic carbocycles. The third-order valence-electron chi connectivity index (χ3n) is 4.49. The van der Waals surface area contributed by atoms with Crippen molar-refractivity contribution in [2.45, 2.75) is 6.42 Å². The number of ether oxygens (including phenoxy) is 2. The Hall–Kier alpha value is -4.06. The lowest BCUT2D eigenvalue weighted by Gasteiger charge is -2.08. The van der Waals surface area contributed by atoms with E-state index in [1.54, 1.807) is 30.5 Å². The van der Waals surface area contributed by atoms with Crippen LogP contribution in [0.4, 0.5) is 5.69 Å². The van der Waals surface area contributed by atoms with Gasteiger partial charge in [-0.15, -0.1) is 0 Å². The van der Waals surface area contributed by atoms with E-state index in [-0.39, 0.29) is 13.0 Å². The second-order valence-electron chi connectivity index (χ2n) is 6.68. The first-order chi connectivity index (χ1) is 14.7. The van der Waals surface area contributed by atoms with Gasteiger partial charge in [0.15, 0.2) is 6.61 Å². The molecule has 1 aromatic heterocycles. The number of carbonyl (C=O) groups excluding carboxylic acids is 2. The van der Waals surface area contributed by atoms with Gasteiger partial charge in [-0.1, -0.05) is 36.4 Å². The van der Waals surface area contributed by atoms with Gasteiger partial charge in [0, 0.05) is 22.8 Å². The van der Waals surface area contributed by atoms with Crippen LogP contribution in [0, 0.1) is 0 Å². The minimum atomic E-state index is -0.457. The summed E-state index contributed by atoms with van der Waals surface area (Å²) >= 11 is 0. The van der Waals surface area contributed by atoms with Gasteiger partial charge in [-0.3, -0.25) is 9.59 Å². The van der Waals surface area contributed by atoms with Crippen molar-refractivity contribution in [1.82, 2.24) is 4.98 Å². The molecule has 0 fully saturated rings. The summed E-state index contributed by atoms with van der Waals surface area (Å²) in [5.41, 5.74) is 2.39. The topological polar surface area (TPSA) is 80.4 Å². The summed E-state index contributed by atoms with van der Waals surface area (Å²) in [5, 5.41) is 3.67. The number of rotatable bonds is 7. The van der Waals surface area contributed by atoms with Gasteiger partial charge >= 0.3 is 5.97 Å². The SMILES string of the molecule is O=C(COC(=O)Cc1c[nH]c2ccccc12)Nc1ccc(Oc2ccccc2)cc1. The highest BCUT2D eigenvalue weighted by molar-refractivity contribution is 5.93. The Balaban J connectivity index is 1.25. The predicted molar refractivity (Wildman–Crippen MR) is 115 cm³/mol. The normalized spacial score (nSPS) is 10.5. The number of hydrogen-bond acceptors (Lipinski definition) is 4. The Kier molecular flexibility index (Phi) is 5.75. The van der Waals surface area contributed by atoms with Crippen molar-refractivity contribution in [2.24, 2.45) is 0 Å². The van der Waals surface area contributed by atoms with Gasteiger partial charge in [-0.05, 0) is 48.0 Å². The number of H-pyrrole nitrogens is 1. The summed E-state index contributed by atoms with van der Waals surface area (Å²) in [5.74, 6) is 0.529. The molecule has 0 saturated carbocycles. The number of carbonyl (C=O) groups is 2. The molecule has 0 aliphatic rings. The molecule has 0 aliphatic heterocycles. The standard InChI is InChI=1S/C24H20N2O4/c27-23(16-29-24(28)14-17-15-25-22-9-5-4-8-21(17)22)26-18-10-12-20(13-11-18)30-19-6-2-1-3-7-19/h1-13,15,25H,14,16H2,(H,26,27). The van der Waals surface area contributed by atoms with Crippen LogP contribution in [0.2, 0.25) is 0 Å². The summed E-state index contributed by atoms with van der Waals surface area (Å²) in [4.78, 5) is 27.3. The number of anilines is 1. The number of fused-ring (bicyclic) bond motifs is 1. The second kappa shape index (κ2) is 8.96. The van der Waals surface area contributed by atoms with Crippen molar-refractivity contribution < 1.29 is 19.1 Å². The number of esters is 1.